The maximum Gasteiger partial charge on any atom is 0.222 e. The van der Waals surface area contributed by atoms with E-state index in [9.17, 15) is 9.18 Å². The van der Waals surface area contributed by atoms with Crippen molar-refractivity contribution in [2.24, 2.45) is 5.92 Å². The van der Waals surface area contributed by atoms with E-state index in [0.717, 1.165) is 23.3 Å². The van der Waals surface area contributed by atoms with Gasteiger partial charge in [0.25, 0.3) is 0 Å². The number of nitrogens with zero attached hydrogens (tertiary/aromatic N) is 2. The van der Waals surface area contributed by atoms with Gasteiger partial charge in [-0.05, 0) is 49.6 Å². The topological polar surface area (TPSA) is 92.0 Å². The number of rotatable bonds is 10. The summed E-state index contributed by atoms with van der Waals surface area (Å²) in [6.07, 6.45) is 2.07. The van der Waals surface area contributed by atoms with E-state index in [1.807, 2.05) is 18.4 Å². The van der Waals surface area contributed by atoms with Crippen molar-refractivity contribution < 1.29 is 13.9 Å². The van der Waals surface area contributed by atoms with Crippen molar-refractivity contribution in [3.05, 3.63) is 52.9 Å². The lowest BCUT2D eigenvalue weighted by Gasteiger charge is -2.15. The number of aromatic nitrogens is 2. The van der Waals surface area contributed by atoms with E-state index in [2.05, 4.69) is 41.3 Å². The van der Waals surface area contributed by atoms with E-state index in [1.165, 1.54) is 5.56 Å². The molecule has 1 aliphatic heterocycles. The molecule has 0 saturated heterocycles. The molecule has 1 aliphatic rings. The first-order valence-corrected chi connectivity index (χ1v) is 11.0. The van der Waals surface area contributed by atoms with Gasteiger partial charge < -0.3 is 25.3 Å². The van der Waals surface area contributed by atoms with E-state index < -0.39 is 5.95 Å². The summed E-state index contributed by atoms with van der Waals surface area (Å²) < 4.78 is 21.4. The van der Waals surface area contributed by atoms with Crippen LogP contribution in [0.3, 0.4) is 0 Å². The highest BCUT2D eigenvalue weighted by Gasteiger charge is 2.21. The minimum Gasteiger partial charge on any atom is -0.493 e. The summed E-state index contributed by atoms with van der Waals surface area (Å²) in [5, 5.41) is 13.7. The number of halogens is 1. The van der Waals surface area contributed by atoms with Gasteiger partial charge in [0.1, 0.15) is 23.1 Å². The molecule has 172 valence electrons. The van der Waals surface area contributed by atoms with Crippen LogP contribution >= 0.6 is 0 Å². The lowest BCUT2D eigenvalue weighted by molar-refractivity contribution is -0.123. The third-order valence-corrected chi connectivity index (χ3v) is 5.53. The SMILES string of the molecule is C=C(F)Nc1c(C(C)=N)nc(Cc2cc3c(cc2C)CCO3)n1CCCNC(=O)C(C)C. The number of nitrogens with one attached hydrogen (secondary N) is 3. The van der Waals surface area contributed by atoms with Gasteiger partial charge in [0, 0.05) is 31.8 Å². The molecule has 1 aromatic heterocycles. The molecule has 8 heteroatoms. The second kappa shape index (κ2) is 9.97. The fourth-order valence-corrected chi connectivity index (χ4v) is 3.80. The van der Waals surface area contributed by atoms with Crippen LogP contribution in [0.2, 0.25) is 0 Å². The van der Waals surface area contributed by atoms with Crippen LogP contribution < -0.4 is 15.4 Å². The van der Waals surface area contributed by atoms with E-state index in [-0.39, 0.29) is 17.5 Å². The molecule has 0 spiro atoms. The zero-order valence-corrected chi connectivity index (χ0v) is 19.3. The van der Waals surface area contributed by atoms with Gasteiger partial charge in [0.15, 0.2) is 5.95 Å². The van der Waals surface area contributed by atoms with Gasteiger partial charge in [-0.2, -0.15) is 4.39 Å². The first-order valence-electron chi connectivity index (χ1n) is 11.0. The molecule has 32 heavy (non-hydrogen) atoms. The van der Waals surface area contributed by atoms with Gasteiger partial charge in [-0.15, -0.1) is 0 Å². The number of hydrogen-bond donors (Lipinski definition) is 3. The third-order valence-electron chi connectivity index (χ3n) is 5.53. The van der Waals surface area contributed by atoms with Crippen molar-refractivity contribution >= 4 is 17.4 Å². The molecule has 2 heterocycles. The van der Waals surface area contributed by atoms with Crippen molar-refractivity contribution in [2.75, 3.05) is 18.5 Å². The van der Waals surface area contributed by atoms with Crippen LogP contribution in [0, 0.1) is 18.3 Å². The Balaban J connectivity index is 1.91. The Bertz CT molecular complexity index is 1040. The number of fused-ring (bicyclic) bond motifs is 1. The first-order chi connectivity index (χ1) is 15.2. The molecule has 0 saturated carbocycles. The summed E-state index contributed by atoms with van der Waals surface area (Å²) >= 11 is 0. The number of anilines is 1. The summed E-state index contributed by atoms with van der Waals surface area (Å²) in [7, 11) is 0. The van der Waals surface area contributed by atoms with Crippen molar-refractivity contribution in [1.82, 2.24) is 14.9 Å². The monoisotopic (exact) mass is 441 g/mol. The number of aryl methyl sites for hydroxylation is 1. The largest absolute Gasteiger partial charge is 0.493 e. The zero-order chi connectivity index (χ0) is 23.4. The van der Waals surface area contributed by atoms with E-state index in [4.69, 9.17) is 10.1 Å². The van der Waals surface area contributed by atoms with Gasteiger partial charge in [-0.25, -0.2) is 4.98 Å². The maximum atomic E-state index is 13.8. The van der Waals surface area contributed by atoms with Gasteiger partial charge in [-0.1, -0.05) is 19.9 Å². The highest BCUT2D eigenvalue weighted by Crippen LogP contribution is 2.31. The van der Waals surface area contributed by atoms with E-state index in [0.29, 0.717) is 49.9 Å². The van der Waals surface area contributed by atoms with Crippen LogP contribution in [0.15, 0.2) is 24.7 Å². The van der Waals surface area contributed by atoms with Crippen LogP contribution in [0.4, 0.5) is 10.2 Å². The van der Waals surface area contributed by atoms with Crippen molar-refractivity contribution in [2.45, 2.75) is 53.5 Å². The van der Waals surface area contributed by atoms with Gasteiger partial charge in [0.05, 0.1) is 12.3 Å². The molecule has 0 aliphatic carbocycles. The Morgan fingerprint density at radius 1 is 1.41 bits per heavy atom. The average molecular weight is 442 g/mol. The number of carbonyl (C=O) groups is 1. The maximum absolute atomic E-state index is 13.8. The number of benzene rings is 1. The quantitative estimate of drug-likeness (QED) is 0.294. The molecule has 1 aromatic carbocycles. The number of amides is 1. The molecule has 3 rings (SSSR count). The first kappa shape index (κ1) is 23.5. The van der Waals surface area contributed by atoms with Gasteiger partial charge in [-0.3, -0.25) is 4.79 Å². The van der Waals surface area contributed by atoms with Crippen LogP contribution in [0.25, 0.3) is 0 Å². The smallest absolute Gasteiger partial charge is 0.222 e. The molecule has 0 bridgehead atoms. The molecular weight excluding hydrogens is 409 g/mol. The third kappa shape index (κ3) is 5.36. The van der Waals surface area contributed by atoms with Gasteiger partial charge >= 0.3 is 0 Å². The number of hydrogen-bond acceptors (Lipinski definition) is 5. The van der Waals surface area contributed by atoms with Crippen LogP contribution in [0.1, 0.15) is 55.4 Å². The molecule has 0 radical (unpaired) electrons. The van der Waals surface area contributed by atoms with Crippen LogP contribution in [-0.2, 0) is 24.2 Å². The van der Waals surface area contributed by atoms with Crippen LogP contribution in [-0.4, -0.2) is 34.3 Å². The Hall–Kier alpha value is -3.16. The summed E-state index contributed by atoms with van der Waals surface area (Å²) in [6.45, 7) is 12.4. The molecule has 3 N–H and O–H groups in total. The number of imidazole rings is 1. The molecule has 7 nitrogen and oxygen atoms in total. The summed E-state index contributed by atoms with van der Waals surface area (Å²) in [5.41, 5.74) is 4.05. The Morgan fingerprint density at radius 3 is 2.81 bits per heavy atom. The number of carbonyl (C=O) groups excluding carboxylic acids is 1. The fraction of sp³-hybridized carbons (Fsp3) is 0.458. The molecule has 1 amide bonds. The summed E-state index contributed by atoms with van der Waals surface area (Å²) in [4.78, 5) is 16.5. The predicted molar refractivity (Wildman–Crippen MR) is 124 cm³/mol. The lowest BCUT2D eigenvalue weighted by atomic mass is 10.0. The minimum atomic E-state index is -0.713. The van der Waals surface area contributed by atoms with Crippen LogP contribution in [0.5, 0.6) is 5.75 Å². The lowest BCUT2D eigenvalue weighted by Crippen LogP contribution is -2.29. The highest BCUT2D eigenvalue weighted by atomic mass is 19.1. The fourth-order valence-electron chi connectivity index (χ4n) is 3.80. The normalized spacial score (nSPS) is 12.4. The van der Waals surface area contributed by atoms with Crippen molar-refractivity contribution in [3.8, 4) is 5.75 Å². The molecular formula is C24H32FN5O2. The standard InChI is InChI=1S/C24H32FN5O2/c1-14(2)24(31)27-8-6-9-30-21(29-22(16(4)26)23(30)28-17(5)25)13-19-12-20-18(7-10-32-20)11-15(19)3/h11-12,14,26,28H,5-10,13H2,1-4H3,(H,27,31). The highest BCUT2D eigenvalue weighted by molar-refractivity contribution is 5.99. The second-order valence-corrected chi connectivity index (χ2v) is 8.49. The van der Waals surface area contributed by atoms with Crippen molar-refractivity contribution in [1.29, 1.82) is 5.41 Å². The van der Waals surface area contributed by atoms with Gasteiger partial charge in [0.2, 0.25) is 5.91 Å². The molecule has 2 aromatic rings. The zero-order valence-electron chi connectivity index (χ0n) is 19.3. The Kier molecular flexibility index (Phi) is 7.33. The molecule has 0 unspecified atom stereocenters. The minimum absolute atomic E-state index is 0.00358. The molecule has 0 fully saturated rings. The molecule has 0 atom stereocenters. The van der Waals surface area contributed by atoms with E-state index >= 15 is 0 Å². The van der Waals surface area contributed by atoms with E-state index in [1.54, 1.807) is 6.92 Å². The summed E-state index contributed by atoms with van der Waals surface area (Å²) in [5.74, 6) is 1.23. The number of ether oxygens (including phenoxy) is 1. The predicted octanol–water partition coefficient (Wildman–Crippen LogP) is 4.12. The summed E-state index contributed by atoms with van der Waals surface area (Å²) in [6, 6.07) is 4.20. The average Bonchev–Trinajstić information content (AvgIpc) is 3.29. The Morgan fingerprint density at radius 2 is 2.16 bits per heavy atom. The second-order valence-electron chi connectivity index (χ2n) is 8.49. The Labute approximate surface area is 188 Å². The van der Waals surface area contributed by atoms with Crippen molar-refractivity contribution in [3.63, 3.8) is 0 Å².